The lowest BCUT2D eigenvalue weighted by molar-refractivity contribution is -0.142. The number of hydrogen-bond donors (Lipinski definition) is 0. The maximum absolute atomic E-state index is 13.2. The lowest BCUT2D eigenvalue weighted by atomic mass is 9.93. The second kappa shape index (κ2) is 10.8. The zero-order chi connectivity index (χ0) is 20.6. The van der Waals surface area contributed by atoms with Crippen LogP contribution < -0.4 is 9.47 Å². The van der Waals surface area contributed by atoms with Crippen molar-refractivity contribution < 1.29 is 23.4 Å². The van der Waals surface area contributed by atoms with Crippen LogP contribution >= 0.6 is 0 Å². The van der Waals surface area contributed by atoms with E-state index in [9.17, 15) is 9.18 Å². The molecule has 1 aromatic rings. The number of rotatable bonds is 5. The van der Waals surface area contributed by atoms with E-state index in [1.54, 1.807) is 6.07 Å². The SMILES string of the molecule is CC.O=C1COCCN1CCC1CCN(C[C@H]2COc3cc(F)ccc3O2)CC1. The fourth-order valence-corrected chi connectivity index (χ4v) is 4.05. The van der Waals surface area contributed by atoms with Gasteiger partial charge in [0.05, 0.1) is 6.61 Å². The van der Waals surface area contributed by atoms with Gasteiger partial charge in [-0.1, -0.05) is 13.8 Å². The van der Waals surface area contributed by atoms with E-state index in [0.717, 1.165) is 52.0 Å². The van der Waals surface area contributed by atoms with Gasteiger partial charge < -0.3 is 19.1 Å². The Morgan fingerprint density at radius 3 is 2.69 bits per heavy atom. The van der Waals surface area contributed by atoms with Gasteiger partial charge in [-0.2, -0.15) is 0 Å². The third-order valence-corrected chi connectivity index (χ3v) is 5.68. The summed E-state index contributed by atoms with van der Waals surface area (Å²) < 4.78 is 30.0. The number of piperidine rings is 1. The summed E-state index contributed by atoms with van der Waals surface area (Å²) in [7, 11) is 0. The zero-order valence-electron chi connectivity index (χ0n) is 17.6. The van der Waals surface area contributed by atoms with Crippen LogP contribution in [0.2, 0.25) is 0 Å². The molecule has 0 bridgehead atoms. The summed E-state index contributed by atoms with van der Waals surface area (Å²) in [5.74, 6) is 1.59. The minimum absolute atomic E-state index is 0.0227. The Kier molecular flexibility index (Phi) is 8.12. The molecular formula is C22H33FN2O4. The molecule has 3 aliphatic rings. The molecule has 3 heterocycles. The minimum atomic E-state index is -0.309. The van der Waals surface area contributed by atoms with Crippen molar-refractivity contribution in [1.29, 1.82) is 0 Å². The highest BCUT2D eigenvalue weighted by Crippen LogP contribution is 2.32. The fourth-order valence-electron chi connectivity index (χ4n) is 4.05. The van der Waals surface area contributed by atoms with Gasteiger partial charge >= 0.3 is 0 Å². The largest absolute Gasteiger partial charge is 0.486 e. The molecule has 0 saturated carbocycles. The Bertz CT molecular complexity index is 664. The van der Waals surface area contributed by atoms with Gasteiger partial charge in [0.1, 0.15) is 25.1 Å². The molecule has 4 rings (SSSR count). The van der Waals surface area contributed by atoms with Crippen LogP contribution in [0.1, 0.15) is 33.1 Å². The first-order chi connectivity index (χ1) is 14.2. The monoisotopic (exact) mass is 408 g/mol. The lowest BCUT2D eigenvalue weighted by Gasteiger charge is -2.36. The second-order valence-electron chi connectivity index (χ2n) is 7.61. The van der Waals surface area contributed by atoms with Crippen LogP contribution in [-0.2, 0) is 9.53 Å². The Hall–Kier alpha value is -1.86. The maximum Gasteiger partial charge on any atom is 0.248 e. The Balaban J connectivity index is 0.00000117. The number of ether oxygens (including phenoxy) is 3. The summed E-state index contributed by atoms with van der Waals surface area (Å²) in [5.41, 5.74) is 0. The molecular weight excluding hydrogens is 375 g/mol. The van der Waals surface area contributed by atoms with Crippen molar-refractivity contribution in [2.24, 2.45) is 5.92 Å². The molecule has 3 aliphatic heterocycles. The van der Waals surface area contributed by atoms with Crippen molar-refractivity contribution in [3.05, 3.63) is 24.0 Å². The maximum atomic E-state index is 13.2. The van der Waals surface area contributed by atoms with E-state index in [4.69, 9.17) is 14.2 Å². The van der Waals surface area contributed by atoms with E-state index >= 15 is 0 Å². The number of nitrogens with zero attached hydrogens (tertiary/aromatic N) is 2. The van der Waals surface area contributed by atoms with Crippen molar-refractivity contribution in [2.45, 2.75) is 39.2 Å². The van der Waals surface area contributed by atoms with Gasteiger partial charge in [0.25, 0.3) is 0 Å². The Morgan fingerprint density at radius 1 is 1.14 bits per heavy atom. The number of carbonyl (C=O) groups excluding carboxylic acids is 1. The summed E-state index contributed by atoms with van der Waals surface area (Å²) in [6.07, 6.45) is 3.34. The normalized spacial score (nSPS) is 22.8. The topological polar surface area (TPSA) is 51.2 Å². The quantitative estimate of drug-likeness (QED) is 0.750. The number of morpholine rings is 1. The van der Waals surface area contributed by atoms with Crippen molar-refractivity contribution >= 4 is 5.91 Å². The summed E-state index contributed by atoms with van der Waals surface area (Å²) in [6, 6.07) is 4.40. The molecule has 7 heteroatoms. The van der Waals surface area contributed by atoms with Crippen molar-refractivity contribution in [1.82, 2.24) is 9.80 Å². The van der Waals surface area contributed by atoms with Gasteiger partial charge in [-0.3, -0.25) is 9.69 Å². The molecule has 0 N–H and O–H groups in total. The number of likely N-dealkylation sites (tertiary alicyclic amines) is 1. The highest BCUT2D eigenvalue weighted by atomic mass is 19.1. The molecule has 1 atom stereocenters. The predicted molar refractivity (Wildman–Crippen MR) is 109 cm³/mol. The van der Waals surface area contributed by atoms with Gasteiger partial charge in [0.2, 0.25) is 5.91 Å². The molecule has 2 saturated heterocycles. The van der Waals surface area contributed by atoms with Crippen LogP contribution in [0.4, 0.5) is 4.39 Å². The highest BCUT2D eigenvalue weighted by Gasteiger charge is 2.27. The van der Waals surface area contributed by atoms with Crippen LogP contribution in [-0.4, -0.2) is 74.4 Å². The van der Waals surface area contributed by atoms with E-state index in [0.29, 0.717) is 30.6 Å². The number of carbonyl (C=O) groups is 1. The Labute approximate surface area is 172 Å². The van der Waals surface area contributed by atoms with E-state index in [1.807, 2.05) is 18.7 Å². The summed E-state index contributed by atoms with van der Waals surface area (Å²) in [5, 5.41) is 0. The van der Waals surface area contributed by atoms with Crippen molar-refractivity contribution in [3.8, 4) is 11.5 Å². The molecule has 0 radical (unpaired) electrons. The average molecular weight is 409 g/mol. The smallest absolute Gasteiger partial charge is 0.248 e. The highest BCUT2D eigenvalue weighted by molar-refractivity contribution is 5.77. The van der Waals surface area contributed by atoms with E-state index in [1.165, 1.54) is 12.1 Å². The summed E-state index contributed by atoms with van der Waals surface area (Å²) in [6.45, 7) is 9.82. The standard InChI is InChI=1S/C20H27FN2O4.C2H6/c21-16-1-2-18-19(11-16)26-13-17(27-18)12-22-6-3-15(4-7-22)5-8-23-9-10-25-14-20(23)24;1-2/h1-2,11,15,17H,3-10,12-14H2;1-2H3/t17-;/m0./s1. The molecule has 1 aromatic carbocycles. The molecule has 29 heavy (non-hydrogen) atoms. The van der Waals surface area contributed by atoms with E-state index in [-0.39, 0.29) is 24.4 Å². The molecule has 0 spiro atoms. The predicted octanol–water partition coefficient (Wildman–Crippen LogP) is 2.95. The van der Waals surface area contributed by atoms with E-state index < -0.39 is 0 Å². The number of benzene rings is 1. The number of amides is 1. The van der Waals surface area contributed by atoms with Crippen LogP contribution in [0.25, 0.3) is 0 Å². The van der Waals surface area contributed by atoms with Gasteiger partial charge in [-0.25, -0.2) is 4.39 Å². The molecule has 2 fully saturated rings. The number of halogens is 1. The minimum Gasteiger partial charge on any atom is -0.486 e. The first-order valence-electron chi connectivity index (χ1n) is 10.8. The molecule has 6 nitrogen and oxygen atoms in total. The molecule has 1 amide bonds. The molecule has 0 aromatic heterocycles. The average Bonchev–Trinajstić information content (AvgIpc) is 2.76. The molecule has 0 unspecified atom stereocenters. The molecule has 162 valence electrons. The third kappa shape index (κ3) is 6.06. The number of hydrogen-bond acceptors (Lipinski definition) is 5. The summed E-state index contributed by atoms with van der Waals surface area (Å²) >= 11 is 0. The van der Waals surface area contributed by atoms with Crippen LogP contribution in [0.3, 0.4) is 0 Å². The summed E-state index contributed by atoms with van der Waals surface area (Å²) in [4.78, 5) is 16.1. The zero-order valence-corrected chi connectivity index (χ0v) is 17.6. The van der Waals surface area contributed by atoms with Crippen LogP contribution in [0.15, 0.2) is 18.2 Å². The van der Waals surface area contributed by atoms with Gasteiger partial charge in [-0.05, 0) is 50.4 Å². The second-order valence-corrected chi connectivity index (χ2v) is 7.61. The van der Waals surface area contributed by atoms with Crippen LogP contribution in [0, 0.1) is 11.7 Å². The van der Waals surface area contributed by atoms with Gasteiger partial charge in [0.15, 0.2) is 11.5 Å². The third-order valence-electron chi connectivity index (χ3n) is 5.68. The van der Waals surface area contributed by atoms with Crippen LogP contribution in [0.5, 0.6) is 11.5 Å². The Morgan fingerprint density at radius 2 is 1.93 bits per heavy atom. The lowest BCUT2D eigenvalue weighted by Crippen LogP contribution is -2.45. The molecule has 0 aliphatic carbocycles. The first-order valence-corrected chi connectivity index (χ1v) is 10.8. The first kappa shape index (κ1) is 21.8. The van der Waals surface area contributed by atoms with E-state index in [2.05, 4.69) is 4.90 Å². The fraction of sp³-hybridized carbons (Fsp3) is 0.682. The van der Waals surface area contributed by atoms with Crippen molar-refractivity contribution in [3.63, 3.8) is 0 Å². The van der Waals surface area contributed by atoms with Gasteiger partial charge in [-0.15, -0.1) is 0 Å². The van der Waals surface area contributed by atoms with Gasteiger partial charge in [0, 0.05) is 25.7 Å². The number of fused-ring (bicyclic) bond motifs is 1. The van der Waals surface area contributed by atoms with Crippen molar-refractivity contribution in [2.75, 3.05) is 52.5 Å².